The van der Waals surface area contributed by atoms with E-state index in [2.05, 4.69) is 18.1 Å². The molecule has 4 aliphatic carbocycles. The zero-order valence-corrected chi connectivity index (χ0v) is 21.1. The van der Waals surface area contributed by atoms with Gasteiger partial charge in [0.2, 0.25) is 0 Å². The van der Waals surface area contributed by atoms with Crippen LogP contribution in [0.2, 0.25) is 0 Å². The highest BCUT2D eigenvalue weighted by atomic mass is 16.5. The summed E-state index contributed by atoms with van der Waals surface area (Å²) in [5, 5.41) is 24.2. The van der Waals surface area contributed by atoms with Crippen LogP contribution >= 0.6 is 0 Å². The normalized spacial score (nSPS) is 43.4. The molecule has 8 atom stereocenters. The van der Waals surface area contributed by atoms with Crippen LogP contribution < -0.4 is 0 Å². The number of aliphatic hydroxyl groups is 1. The van der Waals surface area contributed by atoms with Crippen molar-refractivity contribution in [2.75, 3.05) is 13.7 Å². The number of hydrogen-bond acceptors (Lipinski definition) is 5. The molecular formula is C28H41N3O3. The molecule has 5 rings (SSSR count). The van der Waals surface area contributed by atoms with Crippen molar-refractivity contribution in [3.63, 3.8) is 0 Å². The van der Waals surface area contributed by atoms with Gasteiger partial charge < -0.3 is 9.84 Å². The molecule has 186 valence electrons. The Hall–Kier alpha value is -1.71. The van der Waals surface area contributed by atoms with Gasteiger partial charge in [0, 0.05) is 25.8 Å². The number of fused-ring (bicyclic) bond motifs is 5. The number of ketones is 1. The molecule has 0 aliphatic heterocycles. The summed E-state index contributed by atoms with van der Waals surface area (Å²) in [7, 11) is 1.81. The molecular weight excluding hydrogens is 426 g/mol. The fourth-order valence-corrected chi connectivity index (χ4v) is 9.33. The highest BCUT2D eigenvalue weighted by Gasteiger charge is 2.62. The molecule has 6 heteroatoms. The summed E-state index contributed by atoms with van der Waals surface area (Å²) in [6.45, 7) is 5.51. The van der Waals surface area contributed by atoms with Gasteiger partial charge >= 0.3 is 0 Å². The number of Topliss-reactive ketones (excluding diaryl/α,β-unsaturated/α-hetero) is 1. The first kappa shape index (κ1) is 24.0. The fourth-order valence-electron chi connectivity index (χ4n) is 9.33. The predicted molar refractivity (Wildman–Crippen MR) is 129 cm³/mol. The van der Waals surface area contributed by atoms with Crippen molar-refractivity contribution in [3.05, 3.63) is 18.0 Å². The zero-order chi connectivity index (χ0) is 24.1. The third-order valence-electron chi connectivity index (χ3n) is 10.9. The first-order valence-electron chi connectivity index (χ1n) is 13.4. The lowest BCUT2D eigenvalue weighted by molar-refractivity contribution is -0.163. The zero-order valence-electron chi connectivity index (χ0n) is 21.1. The number of carbonyl (C=O) groups is 1. The maximum absolute atomic E-state index is 13.4. The Labute approximate surface area is 204 Å². The SMILES string of the molecule is COCC[C@]12CC[C@@](C)(O)C[C@@H]1CC[C@H]1[C@@H]3CC[C@H](C(=O)Cn4cc(C#N)cn4)[C@@]3(C)CC[C@@H]12. The number of carbonyl (C=O) groups excluding carboxylic acids is 1. The van der Waals surface area contributed by atoms with Crippen molar-refractivity contribution in [1.29, 1.82) is 5.26 Å². The van der Waals surface area contributed by atoms with Crippen LogP contribution in [0, 0.1) is 51.8 Å². The van der Waals surface area contributed by atoms with Crippen molar-refractivity contribution >= 4 is 5.78 Å². The van der Waals surface area contributed by atoms with E-state index in [-0.39, 0.29) is 29.1 Å². The highest BCUT2D eigenvalue weighted by Crippen LogP contribution is 2.69. The number of hydrogen-bond donors (Lipinski definition) is 1. The summed E-state index contributed by atoms with van der Waals surface area (Å²) in [5.41, 5.74) is 0.333. The van der Waals surface area contributed by atoms with Gasteiger partial charge in [0.25, 0.3) is 0 Å². The fraction of sp³-hybridized carbons (Fsp3) is 0.821. The average Bonchev–Trinajstić information content (AvgIpc) is 3.40. The number of nitrogens with zero attached hydrogens (tertiary/aromatic N) is 3. The number of nitriles is 1. The minimum Gasteiger partial charge on any atom is -0.390 e. The van der Waals surface area contributed by atoms with Gasteiger partial charge in [-0.3, -0.25) is 9.48 Å². The van der Waals surface area contributed by atoms with Crippen LogP contribution in [-0.2, 0) is 16.1 Å². The second kappa shape index (κ2) is 8.75. The molecule has 0 unspecified atom stereocenters. The van der Waals surface area contributed by atoms with Crippen molar-refractivity contribution in [3.8, 4) is 6.07 Å². The van der Waals surface area contributed by atoms with E-state index in [0.717, 1.165) is 51.6 Å². The Morgan fingerprint density at radius 3 is 2.76 bits per heavy atom. The van der Waals surface area contributed by atoms with Crippen molar-refractivity contribution in [1.82, 2.24) is 9.78 Å². The third kappa shape index (κ3) is 3.84. The van der Waals surface area contributed by atoms with Crippen LogP contribution in [0.3, 0.4) is 0 Å². The highest BCUT2D eigenvalue weighted by molar-refractivity contribution is 5.82. The molecule has 1 aromatic rings. The topological polar surface area (TPSA) is 88.1 Å². The maximum atomic E-state index is 13.4. The van der Waals surface area contributed by atoms with Crippen LogP contribution in [0.25, 0.3) is 0 Å². The lowest BCUT2D eigenvalue weighted by Gasteiger charge is -2.63. The van der Waals surface area contributed by atoms with E-state index in [9.17, 15) is 9.90 Å². The number of ether oxygens (including phenoxy) is 1. The molecule has 4 aliphatic rings. The molecule has 4 saturated carbocycles. The monoisotopic (exact) mass is 467 g/mol. The van der Waals surface area contributed by atoms with E-state index < -0.39 is 5.60 Å². The largest absolute Gasteiger partial charge is 0.390 e. The van der Waals surface area contributed by atoms with E-state index >= 15 is 0 Å². The lowest BCUT2D eigenvalue weighted by Crippen LogP contribution is -2.57. The Morgan fingerprint density at radius 2 is 2.03 bits per heavy atom. The van der Waals surface area contributed by atoms with Gasteiger partial charge in [0.05, 0.1) is 23.9 Å². The Bertz CT molecular complexity index is 964. The molecule has 1 heterocycles. The summed E-state index contributed by atoms with van der Waals surface area (Å²) in [5.74, 6) is 2.94. The second-order valence-electron chi connectivity index (χ2n) is 12.5. The van der Waals surface area contributed by atoms with E-state index in [1.807, 2.05) is 14.0 Å². The molecule has 34 heavy (non-hydrogen) atoms. The molecule has 0 radical (unpaired) electrons. The predicted octanol–water partition coefficient (Wildman–Crippen LogP) is 4.75. The minimum absolute atomic E-state index is 0.0684. The number of aromatic nitrogens is 2. The second-order valence-corrected chi connectivity index (χ2v) is 12.5. The first-order chi connectivity index (χ1) is 16.2. The van der Waals surface area contributed by atoms with Crippen LogP contribution in [-0.4, -0.2) is 40.0 Å². The van der Waals surface area contributed by atoms with E-state index in [1.54, 1.807) is 10.9 Å². The van der Waals surface area contributed by atoms with Gasteiger partial charge in [-0.25, -0.2) is 0 Å². The molecule has 1 aromatic heterocycles. The van der Waals surface area contributed by atoms with Gasteiger partial charge in [-0.15, -0.1) is 0 Å². The first-order valence-corrected chi connectivity index (χ1v) is 13.4. The minimum atomic E-state index is -0.528. The van der Waals surface area contributed by atoms with Crippen LogP contribution in [0.15, 0.2) is 12.4 Å². The molecule has 0 amide bonds. The third-order valence-corrected chi connectivity index (χ3v) is 10.9. The van der Waals surface area contributed by atoms with Crippen LogP contribution in [0.1, 0.15) is 83.6 Å². The van der Waals surface area contributed by atoms with Crippen LogP contribution in [0.5, 0.6) is 0 Å². The van der Waals surface area contributed by atoms with E-state index in [0.29, 0.717) is 29.2 Å². The Kier molecular flexibility index (Phi) is 6.18. The smallest absolute Gasteiger partial charge is 0.157 e. The quantitative estimate of drug-likeness (QED) is 0.652. The summed E-state index contributed by atoms with van der Waals surface area (Å²) in [6.07, 6.45) is 14.2. The van der Waals surface area contributed by atoms with E-state index in [4.69, 9.17) is 10.00 Å². The molecule has 0 saturated heterocycles. The molecule has 0 spiro atoms. The average molecular weight is 468 g/mol. The van der Waals surface area contributed by atoms with Crippen LogP contribution in [0.4, 0.5) is 0 Å². The number of rotatable bonds is 6. The number of methoxy groups -OCH3 is 1. The Balaban J connectivity index is 1.36. The van der Waals surface area contributed by atoms with Crippen molar-refractivity contribution in [2.24, 2.45) is 40.4 Å². The molecule has 6 nitrogen and oxygen atoms in total. The van der Waals surface area contributed by atoms with Crippen molar-refractivity contribution < 1.29 is 14.6 Å². The molecule has 0 aromatic carbocycles. The standard InChI is InChI=1S/C28H41N3O3/c1-26(33)10-11-28(12-13-34-3)20(14-26)4-5-21-22-6-7-24(27(22,2)9-8-23(21)28)25(32)18-31-17-19(15-29)16-30-31/h16-17,20-24,33H,4-14,18H2,1-3H3/t20-,21-,22-,23-,24+,26+,27-,28+/m0/s1. The summed E-state index contributed by atoms with van der Waals surface area (Å²) >= 11 is 0. The van der Waals surface area contributed by atoms with Gasteiger partial charge in [-0.2, -0.15) is 10.4 Å². The molecule has 0 bridgehead atoms. The van der Waals surface area contributed by atoms with E-state index in [1.165, 1.54) is 25.5 Å². The molecule has 1 N–H and O–H groups in total. The van der Waals surface area contributed by atoms with Gasteiger partial charge in [0.15, 0.2) is 5.78 Å². The summed E-state index contributed by atoms with van der Waals surface area (Å²) < 4.78 is 7.25. The van der Waals surface area contributed by atoms with Gasteiger partial charge in [-0.05, 0) is 106 Å². The van der Waals surface area contributed by atoms with Gasteiger partial charge in [-0.1, -0.05) is 6.92 Å². The summed E-state index contributed by atoms with van der Waals surface area (Å²) in [4.78, 5) is 13.4. The molecule has 4 fully saturated rings. The maximum Gasteiger partial charge on any atom is 0.157 e. The van der Waals surface area contributed by atoms with Crippen molar-refractivity contribution in [2.45, 2.75) is 90.2 Å². The summed E-state index contributed by atoms with van der Waals surface area (Å²) in [6, 6.07) is 2.10. The lowest BCUT2D eigenvalue weighted by atomic mass is 9.42. The Morgan fingerprint density at radius 1 is 1.21 bits per heavy atom. The van der Waals surface area contributed by atoms with Gasteiger partial charge in [0.1, 0.15) is 6.07 Å².